The average Bonchev–Trinajstić information content (AvgIpc) is 2.97. The number of nitrogens with zero attached hydrogens (tertiary/aromatic N) is 3. The van der Waals surface area contributed by atoms with E-state index in [4.69, 9.17) is 5.11 Å². The highest BCUT2D eigenvalue weighted by molar-refractivity contribution is 8.18. The molecule has 1 saturated heterocycles. The molecule has 5 nitrogen and oxygen atoms in total. The molecule has 1 N–H and O–H groups in total. The molecular formula is C17H21N3O2S2. The van der Waals surface area contributed by atoms with E-state index < -0.39 is 0 Å². The molecule has 1 aromatic rings. The lowest BCUT2D eigenvalue weighted by molar-refractivity contribution is -0.113. The molecule has 24 heavy (non-hydrogen) atoms. The summed E-state index contributed by atoms with van der Waals surface area (Å²) in [5, 5.41) is 9.80. The number of hydrogen-bond donors (Lipinski definition) is 1. The van der Waals surface area contributed by atoms with E-state index in [1.165, 1.54) is 16.7 Å². The molecule has 0 aromatic heterocycles. The number of amides is 1. The highest BCUT2D eigenvalue weighted by atomic mass is 32.2. The zero-order valence-corrected chi connectivity index (χ0v) is 15.3. The molecule has 2 aliphatic heterocycles. The third-order valence-electron chi connectivity index (χ3n) is 4.08. The first kappa shape index (κ1) is 17.5. The molecular weight excluding hydrogens is 342 g/mol. The Bertz CT molecular complexity index is 650. The monoisotopic (exact) mass is 363 g/mol. The number of hydrogen-bond acceptors (Lipinski definition) is 6. The maximum absolute atomic E-state index is 12.2. The summed E-state index contributed by atoms with van der Waals surface area (Å²) in [5.74, 6) is -0.151. The normalized spacial score (nSPS) is 20.8. The van der Waals surface area contributed by atoms with Gasteiger partial charge in [-0.05, 0) is 41.8 Å². The van der Waals surface area contributed by atoms with E-state index in [0.717, 1.165) is 36.9 Å². The van der Waals surface area contributed by atoms with Gasteiger partial charge in [0.15, 0.2) is 5.17 Å². The summed E-state index contributed by atoms with van der Waals surface area (Å²) in [6, 6.07) is 8.17. The summed E-state index contributed by atoms with van der Waals surface area (Å²) in [5.41, 5.74) is 1.02. The second kappa shape index (κ2) is 8.20. The van der Waals surface area contributed by atoms with Crippen LogP contribution in [-0.2, 0) is 4.79 Å². The number of amidine groups is 1. The van der Waals surface area contributed by atoms with Crippen LogP contribution in [0.2, 0.25) is 0 Å². The van der Waals surface area contributed by atoms with Gasteiger partial charge in [-0.2, -0.15) is 4.99 Å². The van der Waals surface area contributed by atoms with Crippen molar-refractivity contribution >= 4 is 40.7 Å². The summed E-state index contributed by atoms with van der Waals surface area (Å²) in [6.45, 7) is 4.37. The Morgan fingerprint density at radius 1 is 1.25 bits per heavy atom. The lowest BCUT2D eigenvalue weighted by atomic mass is 10.2. The van der Waals surface area contributed by atoms with Crippen molar-refractivity contribution in [1.82, 2.24) is 9.80 Å². The van der Waals surface area contributed by atoms with Gasteiger partial charge in [-0.3, -0.25) is 9.69 Å². The molecule has 128 valence electrons. The number of thioether (sulfide) groups is 2. The average molecular weight is 364 g/mol. The van der Waals surface area contributed by atoms with Gasteiger partial charge >= 0.3 is 0 Å². The molecule has 3 rings (SSSR count). The number of carbonyl (C=O) groups is 1. The summed E-state index contributed by atoms with van der Waals surface area (Å²) < 4.78 is 0. The minimum absolute atomic E-state index is 0.151. The van der Waals surface area contributed by atoms with Crippen LogP contribution in [0.1, 0.15) is 5.56 Å². The number of β-amino-alcohol motifs (C(OH)–C–C–N with tert-alkyl or cyclic N) is 1. The van der Waals surface area contributed by atoms with Crippen LogP contribution >= 0.6 is 23.5 Å². The molecule has 2 aliphatic rings. The van der Waals surface area contributed by atoms with Crippen LogP contribution in [0.25, 0.3) is 6.08 Å². The van der Waals surface area contributed by atoms with Crippen molar-refractivity contribution in [1.29, 1.82) is 0 Å². The maximum atomic E-state index is 12.2. The molecule has 0 radical (unpaired) electrons. The summed E-state index contributed by atoms with van der Waals surface area (Å²) in [6.07, 6.45) is 3.96. The first-order valence-electron chi connectivity index (χ1n) is 7.94. The number of piperazine rings is 1. The largest absolute Gasteiger partial charge is 0.395 e. The highest BCUT2D eigenvalue weighted by Gasteiger charge is 2.28. The fourth-order valence-electron chi connectivity index (χ4n) is 2.69. The first-order chi connectivity index (χ1) is 11.7. The lowest BCUT2D eigenvalue weighted by Crippen LogP contribution is -2.48. The number of aliphatic hydroxyl groups is 1. The minimum atomic E-state index is -0.151. The Kier molecular flexibility index (Phi) is 5.99. The van der Waals surface area contributed by atoms with E-state index in [1.54, 1.807) is 11.8 Å². The molecule has 1 fully saturated rings. The summed E-state index contributed by atoms with van der Waals surface area (Å²) in [4.78, 5) is 22.7. The Balaban J connectivity index is 1.62. The maximum Gasteiger partial charge on any atom is 0.286 e. The number of aliphatic imine (C=N–C) groups is 1. The molecule has 1 amide bonds. The van der Waals surface area contributed by atoms with E-state index in [-0.39, 0.29) is 12.5 Å². The molecule has 0 aliphatic carbocycles. The van der Waals surface area contributed by atoms with Crippen LogP contribution in [0.15, 0.2) is 39.1 Å². The molecule has 0 bridgehead atoms. The third-order valence-corrected chi connectivity index (χ3v) is 5.87. The highest BCUT2D eigenvalue weighted by Crippen LogP contribution is 2.31. The predicted octanol–water partition coefficient (Wildman–Crippen LogP) is 1.99. The van der Waals surface area contributed by atoms with Gasteiger partial charge in [0.1, 0.15) is 0 Å². The molecule has 2 heterocycles. The molecule has 0 unspecified atom stereocenters. The quantitative estimate of drug-likeness (QED) is 0.652. The van der Waals surface area contributed by atoms with E-state index in [9.17, 15) is 4.79 Å². The van der Waals surface area contributed by atoms with Crippen LogP contribution in [-0.4, -0.2) is 71.6 Å². The van der Waals surface area contributed by atoms with Crippen LogP contribution in [0.3, 0.4) is 0 Å². The zero-order chi connectivity index (χ0) is 16.9. The van der Waals surface area contributed by atoms with Crippen LogP contribution < -0.4 is 0 Å². The minimum Gasteiger partial charge on any atom is -0.395 e. The lowest BCUT2D eigenvalue weighted by Gasteiger charge is -2.34. The van der Waals surface area contributed by atoms with Crippen LogP contribution in [0.4, 0.5) is 0 Å². The Morgan fingerprint density at radius 2 is 1.96 bits per heavy atom. The number of carbonyl (C=O) groups excluding carboxylic acids is 1. The SMILES string of the molecule is CSc1ccc(/C=C2\SC(N3CCN(CCO)CC3)=NC2=O)cc1. The van der Waals surface area contributed by atoms with E-state index in [0.29, 0.717) is 11.4 Å². The van der Waals surface area contributed by atoms with E-state index in [1.807, 2.05) is 24.5 Å². The standard InChI is InChI=1S/C17H21N3O2S2/c1-23-14-4-2-13(3-5-14)12-15-16(22)18-17(24-15)20-8-6-19(7-9-20)10-11-21/h2-5,12,21H,6-11H2,1H3/b15-12-. The second-order valence-electron chi connectivity index (χ2n) is 5.64. The molecule has 0 saturated carbocycles. The zero-order valence-electron chi connectivity index (χ0n) is 13.6. The van der Waals surface area contributed by atoms with Gasteiger partial charge in [0.25, 0.3) is 5.91 Å². The van der Waals surface area contributed by atoms with Gasteiger partial charge in [0.2, 0.25) is 0 Å². The third kappa shape index (κ3) is 4.22. The van der Waals surface area contributed by atoms with Gasteiger partial charge < -0.3 is 10.0 Å². The van der Waals surface area contributed by atoms with E-state index >= 15 is 0 Å². The first-order valence-corrected chi connectivity index (χ1v) is 9.98. The van der Waals surface area contributed by atoms with E-state index in [2.05, 4.69) is 26.9 Å². The van der Waals surface area contributed by atoms with Crippen LogP contribution in [0, 0.1) is 0 Å². The van der Waals surface area contributed by atoms with Gasteiger partial charge in [-0.25, -0.2) is 0 Å². The Labute approximate surface area is 150 Å². The van der Waals surface area contributed by atoms with Crippen molar-refractivity contribution in [3.8, 4) is 0 Å². The smallest absolute Gasteiger partial charge is 0.286 e. The van der Waals surface area contributed by atoms with Gasteiger partial charge in [-0.15, -0.1) is 11.8 Å². The van der Waals surface area contributed by atoms with Crippen molar-refractivity contribution in [2.24, 2.45) is 4.99 Å². The van der Waals surface area contributed by atoms with Gasteiger partial charge in [0, 0.05) is 37.6 Å². The predicted molar refractivity (Wildman–Crippen MR) is 101 cm³/mol. The van der Waals surface area contributed by atoms with Crippen molar-refractivity contribution < 1.29 is 9.90 Å². The number of aliphatic hydroxyl groups excluding tert-OH is 1. The van der Waals surface area contributed by atoms with Crippen LogP contribution in [0.5, 0.6) is 0 Å². The second-order valence-corrected chi connectivity index (χ2v) is 7.52. The molecule has 7 heteroatoms. The Morgan fingerprint density at radius 3 is 2.58 bits per heavy atom. The summed E-state index contributed by atoms with van der Waals surface area (Å²) in [7, 11) is 0. The Hall–Kier alpha value is -1.28. The number of rotatable bonds is 4. The van der Waals surface area contributed by atoms with Crippen molar-refractivity contribution in [2.75, 3.05) is 45.6 Å². The molecule has 1 aromatic carbocycles. The van der Waals surface area contributed by atoms with Crippen molar-refractivity contribution in [3.05, 3.63) is 34.7 Å². The fraction of sp³-hybridized carbons (Fsp3) is 0.412. The van der Waals surface area contributed by atoms with Gasteiger partial charge in [0.05, 0.1) is 11.5 Å². The molecule has 0 atom stereocenters. The summed E-state index contributed by atoms with van der Waals surface area (Å²) >= 11 is 3.16. The van der Waals surface area contributed by atoms with Crippen molar-refractivity contribution in [3.63, 3.8) is 0 Å². The number of benzene rings is 1. The van der Waals surface area contributed by atoms with Crippen molar-refractivity contribution in [2.45, 2.75) is 4.90 Å². The molecule has 0 spiro atoms. The fourth-order valence-corrected chi connectivity index (χ4v) is 4.06. The topological polar surface area (TPSA) is 56.1 Å². The van der Waals surface area contributed by atoms with Gasteiger partial charge in [-0.1, -0.05) is 12.1 Å².